The zero-order valence-corrected chi connectivity index (χ0v) is 12.2. The van der Waals surface area contributed by atoms with Gasteiger partial charge in [0.25, 0.3) is 5.91 Å². The zero-order valence-electron chi connectivity index (χ0n) is 12.2. The second-order valence-electron chi connectivity index (χ2n) is 4.92. The minimum atomic E-state index is -0.429. The summed E-state index contributed by atoms with van der Waals surface area (Å²) in [6.45, 7) is 2.40. The molecule has 0 aromatic heterocycles. The summed E-state index contributed by atoms with van der Waals surface area (Å²) in [6.07, 6.45) is 0.457. The number of aliphatic hydroxyl groups is 1. The lowest BCUT2D eigenvalue weighted by Crippen LogP contribution is -2.31. The Balaban J connectivity index is 2.18. The molecule has 1 amide bonds. The summed E-state index contributed by atoms with van der Waals surface area (Å²) in [5.41, 5.74) is 1.25. The molecule has 1 fully saturated rings. The number of methoxy groups -OCH3 is 1. The van der Waals surface area contributed by atoms with E-state index in [0.717, 1.165) is 6.42 Å². The first-order chi connectivity index (χ1) is 10.2. The number of carbonyl (C=O) groups excluding carboxylic acids is 1. The van der Waals surface area contributed by atoms with Crippen molar-refractivity contribution >= 4 is 11.6 Å². The SMILES string of the molecule is COc1ccc(C#CCO)cc1NC(=O)C1OCCC1C. The van der Waals surface area contributed by atoms with Crippen molar-refractivity contribution in [2.24, 2.45) is 5.92 Å². The highest BCUT2D eigenvalue weighted by atomic mass is 16.5. The van der Waals surface area contributed by atoms with Crippen LogP contribution in [0, 0.1) is 17.8 Å². The fraction of sp³-hybridized carbons (Fsp3) is 0.438. The third kappa shape index (κ3) is 3.75. The van der Waals surface area contributed by atoms with Gasteiger partial charge in [0.2, 0.25) is 0 Å². The summed E-state index contributed by atoms with van der Waals surface area (Å²) in [7, 11) is 1.54. The van der Waals surface area contributed by atoms with Crippen molar-refractivity contribution in [3.63, 3.8) is 0 Å². The lowest BCUT2D eigenvalue weighted by molar-refractivity contribution is -0.126. The smallest absolute Gasteiger partial charge is 0.253 e. The number of ether oxygens (including phenoxy) is 2. The van der Waals surface area contributed by atoms with Crippen molar-refractivity contribution < 1.29 is 19.4 Å². The summed E-state index contributed by atoms with van der Waals surface area (Å²) in [4.78, 5) is 12.3. The van der Waals surface area contributed by atoms with E-state index in [9.17, 15) is 4.79 Å². The largest absolute Gasteiger partial charge is 0.495 e. The van der Waals surface area contributed by atoms with E-state index in [1.807, 2.05) is 6.92 Å². The topological polar surface area (TPSA) is 67.8 Å². The van der Waals surface area contributed by atoms with Gasteiger partial charge in [0, 0.05) is 12.2 Å². The number of anilines is 1. The van der Waals surface area contributed by atoms with E-state index in [4.69, 9.17) is 14.6 Å². The van der Waals surface area contributed by atoms with E-state index in [0.29, 0.717) is 23.6 Å². The van der Waals surface area contributed by atoms with Crippen molar-refractivity contribution in [3.05, 3.63) is 23.8 Å². The molecule has 1 aromatic carbocycles. The van der Waals surface area contributed by atoms with Crippen molar-refractivity contribution in [3.8, 4) is 17.6 Å². The number of hydrogen-bond acceptors (Lipinski definition) is 4. The van der Waals surface area contributed by atoms with Gasteiger partial charge in [-0.05, 0) is 30.5 Å². The number of carbonyl (C=O) groups is 1. The van der Waals surface area contributed by atoms with Crippen LogP contribution in [0.4, 0.5) is 5.69 Å². The van der Waals surface area contributed by atoms with E-state index in [1.165, 1.54) is 0 Å². The maximum absolute atomic E-state index is 12.3. The second kappa shape index (κ2) is 7.11. The molecule has 5 heteroatoms. The number of benzene rings is 1. The van der Waals surface area contributed by atoms with Gasteiger partial charge in [-0.15, -0.1) is 0 Å². The quantitative estimate of drug-likeness (QED) is 0.825. The van der Waals surface area contributed by atoms with Crippen LogP contribution in [0.25, 0.3) is 0 Å². The predicted octanol–water partition coefficient (Wildman–Crippen LogP) is 1.40. The first-order valence-corrected chi connectivity index (χ1v) is 6.86. The molecule has 2 unspecified atom stereocenters. The normalized spacial score (nSPS) is 20.5. The lowest BCUT2D eigenvalue weighted by atomic mass is 10.0. The van der Waals surface area contributed by atoms with Gasteiger partial charge in [0.15, 0.2) is 0 Å². The Hall–Kier alpha value is -2.03. The highest BCUT2D eigenvalue weighted by Gasteiger charge is 2.31. The van der Waals surface area contributed by atoms with Gasteiger partial charge in [-0.1, -0.05) is 18.8 Å². The number of hydrogen-bond donors (Lipinski definition) is 2. The van der Waals surface area contributed by atoms with Crippen molar-refractivity contribution in [2.45, 2.75) is 19.4 Å². The fourth-order valence-electron chi connectivity index (χ4n) is 2.26. The Bertz CT molecular complexity index is 573. The molecule has 0 radical (unpaired) electrons. The van der Waals surface area contributed by atoms with Gasteiger partial charge >= 0.3 is 0 Å². The molecule has 1 saturated heterocycles. The Kier molecular flexibility index (Phi) is 5.20. The number of rotatable bonds is 3. The van der Waals surface area contributed by atoms with E-state index in [1.54, 1.807) is 25.3 Å². The molecule has 0 saturated carbocycles. The number of nitrogens with one attached hydrogen (secondary N) is 1. The van der Waals surface area contributed by atoms with Gasteiger partial charge in [-0.25, -0.2) is 0 Å². The molecule has 1 heterocycles. The first kappa shape index (κ1) is 15.4. The van der Waals surface area contributed by atoms with Crippen LogP contribution in [0.1, 0.15) is 18.9 Å². The molecule has 5 nitrogen and oxygen atoms in total. The predicted molar refractivity (Wildman–Crippen MR) is 79.1 cm³/mol. The maximum atomic E-state index is 12.3. The highest BCUT2D eigenvalue weighted by molar-refractivity contribution is 5.96. The standard InChI is InChI=1S/C16H19NO4/c1-11-7-9-21-15(11)16(19)17-13-10-12(4-3-8-18)5-6-14(13)20-2/h5-6,10-11,15,18H,7-9H2,1-2H3,(H,17,19). The first-order valence-electron chi connectivity index (χ1n) is 6.86. The maximum Gasteiger partial charge on any atom is 0.253 e. The Morgan fingerprint density at radius 2 is 2.38 bits per heavy atom. The van der Waals surface area contributed by atoms with Crippen LogP contribution in [-0.4, -0.2) is 37.4 Å². The number of amides is 1. The fourth-order valence-corrected chi connectivity index (χ4v) is 2.26. The molecule has 0 aliphatic carbocycles. The van der Waals surface area contributed by atoms with Crippen molar-refractivity contribution in [1.29, 1.82) is 0 Å². The van der Waals surface area contributed by atoms with E-state index in [2.05, 4.69) is 17.2 Å². The second-order valence-corrected chi connectivity index (χ2v) is 4.92. The van der Waals surface area contributed by atoms with Gasteiger partial charge in [0.05, 0.1) is 12.8 Å². The number of aliphatic hydroxyl groups excluding tert-OH is 1. The summed E-state index contributed by atoms with van der Waals surface area (Å²) >= 11 is 0. The summed E-state index contributed by atoms with van der Waals surface area (Å²) in [5, 5.41) is 11.6. The molecule has 21 heavy (non-hydrogen) atoms. The highest BCUT2D eigenvalue weighted by Crippen LogP contribution is 2.27. The van der Waals surface area contributed by atoms with Crippen LogP contribution in [0.15, 0.2) is 18.2 Å². The Morgan fingerprint density at radius 1 is 1.57 bits per heavy atom. The van der Waals surface area contributed by atoms with Crippen LogP contribution in [0.2, 0.25) is 0 Å². The zero-order chi connectivity index (χ0) is 15.2. The van der Waals surface area contributed by atoms with Crippen LogP contribution in [0.3, 0.4) is 0 Å². The molecule has 2 N–H and O–H groups in total. The average molecular weight is 289 g/mol. The average Bonchev–Trinajstić information content (AvgIpc) is 2.91. The van der Waals surface area contributed by atoms with Crippen LogP contribution < -0.4 is 10.1 Å². The molecule has 112 valence electrons. The van der Waals surface area contributed by atoms with Gasteiger partial charge in [-0.3, -0.25) is 4.79 Å². The van der Waals surface area contributed by atoms with Crippen molar-refractivity contribution in [1.82, 2.24) is 0 Å². The van der Waals surface area contributed by atoms with E-state index < -0.39 is 6.10 Å². The summed E-state index contributed by atoms with van der Waals surface area (Å²) < 4.78 is 10.7. The van der Waals surface area contributed by atoms with Gasteiger partial charge < -0.3 is 19.9 Å². The molecule has 0 spiro atoms. The van der Waals surface area contributed by atoms with Crippen LogP contribution in [-0.2, 0) is 9.53 Å². The molecule has 2 atom stereocenters. The van der Waals surface area contributed by atoms with Gasteiger partial charge in [-0.2, -0.15) is 0 Å². The third-order valence-corrected chi connectivity index (χ3v) is 3.41. The monoisotopic (exact) mass is 289 g/mol. The molecule has 1 aliphatic rings. The molecule has 1 aliphatic heterocycles. The summed E-state index contributed by atoms with van der Waals surface area (Å²) in [6, 6.07) is 5.22. The van der Waals surface area contributed by atoms with Crippen LogP contribution >= 0.6 is 0 Å². The minimum Gasteiger partial charge on any atom is -0.495 e. The molecule has 2 rings (SSSR count). The Morgan fingerprint density at radius 3 is 3.00 bits per heavy atom. The van der Waals surface area contributed by atoms with E-state index >= 15 is 0 Å². The lowest BCUT2D eigenvalue weighted by Gasteiger charge is -2.16. The molecule has 1 aromatic rings. The molecular weight excluding hydrogens is 270 g/mol. The molecular formula is C16H19NO4. The van der Waals surface area contributed by atoms with E-state index in [-0.39, 0.29) is 18.4 Å². The molecule has 0 bridgehead atoms. The van der Waals surface area contributed by atoms with Gasteiger partial charge in [0.1, 0.15) is 18.5 Å². The summed E-state index contributed by atoms with van der Waals surface area (Å²) in [5.74, 6) is 5.96. The Labute approximate surface area is 124 Å². The van der Waals surface area contributed by atoms with Crippen LogP contribution in [0.5, 0.6) is 5.75 Å². The van der Waals surface area contributed by atoms with Crippen molar-refractivity contribution in [2.75, 3.05) is 25.6 Å². The third-order valence-electron chi connectivity index (χ3n) is 3.41. The minimum absolute atomic E-state index is 0.175.